The fraction of sp³-hybridized carbons (Fsp3) is 0.208. The maximum absolute atomic E-state index is 12.0. The van der Waals surface area contributed by atoms with Crippen LogP contribution < -0.4 is 0 Å². The van der Waals surface area contributed by atoms with Gasteiger partial charge in [-0.15, -0.1) is 23.1 Å². The molecule has 31 heavy (non-hydrogen) atoms. The highest BCUT2D eigenvalue weighted by Crippen LogP contribution is 2.36. The topological polar surface area (TPSA) is 60.7 Å². The average Bonchev–Trinajstić information content (AvgIpc) is 3.30. The fourth-order valence-corrected chi connectivity index (χ4v) is 5.30. The number of nitrogens with zero attached hydrogens (tertiary/aromatic N) is 2. The van der Waals surface area contributed by atoms with E-state index in [1.54, 1.807) is 23.1 Å². The lowest BCUT2D eigenvalue weighted by Gasteiger charge is -2.10. The Labute approximate surface area is 189 Å². The van der Waals surface area contributed by atoms with Crippen LogP contribution in [0, 0.1) is 6.92 Å². The molecule has 7 heteroatoms. The number of aryl methyl sites for hydroxylation is 1. The van der Waals surface area contributed by atoms with Crippen molar-refractivity contribution in [3.8, 4) is 11.3 Å². The smallest absolute Gasteiger partial charge is 0.311 e. The summed E-state index contributed by atoms with van der Waals surface area (Å²) in [5.74, 6) is 0.553. The number of rotatable bonds is 8. The Morgan fingerprint density at radius 1 is 1.23 bits per heavy atom. The second kappa shape index (κ2) is 9.49. The van der Waals surface area contributed by atoms with Gasteiger partial charge in [0.25, 0.3) is 0 Å². The molecule has 0 fully saturated rings. The lowest BCUT2D eigenvalue weighted by Crippen LogP contribution is -2.06. The van der Waals surface area contributed by atoms with E-state index in [0.29, 0.717) is 23.0 Å². The third-order valence-electron chi connectivity index (χ3n) is 4.77. The van der Waals surface area contributed by atoms with Crippen molar-refractivity contribution >= 4 is 40.3 Å². The molecule has 2 aromatic carbocycles. The Morgan fingerprint density at radius 3 is 2.77 bits per heavy atom. The second-order valence-electron chi connectivity index (χ2n) is 7.07. The van der Waals surface area contributed by atoms with Gasteiger partial charge in [0.05, 0.1) is 13.0 Å². The predicted molar refractivity (Wildman–Crippen MR) is 125 cm³/mol. The van der Waals surface area contributed by atoms with Crippen LogP contribution in [-0.2, 0) is 21.7 Å². The number of imidazole rings is 1. The van der Waals surface area contributed by atoms with Crippen LogP contribution in [0.5, 0.6) is 0 Å². The van der Waals surface area contributed by atoms with Gasteiger partial charge in [-0.2, -0.15) is 0 Å². The summed E-state index contributed by atoms with van der Waals surface area (Å²) in [6, 6.07) is 16.5. The van der Waals surface area contributed by atoms with Crippen molar-refractivity contribution in [2.75, 3.05) is 6.61 Å². The number of ether oxygens (including phenoxy) is 1. The lowest BCUT2D eigenvalue weighted by molar-refractivity contribution is -0.142. The number of carbonyl (C=O) groups is 2. The first-order valence-corrected chi connectivity index (χ1v) is 11.8. The molecule has 4 aromatic rings. The molecule has 0 aliphatic rings. The van der Waals surface area contributed by atoms with Gasteiger partial charge in [-0.1, -0.05) is 42.0 Å². The molecule has 0 unspecified atom stereocenters. The third-order valence-corrected chi connectivity index (χ3v) is 6.90. The molecule has 2 heterocycles. The van der Waals surface area contributed by atoms with E-state index < -0.39 is 0 Å². The molecule has 0 aliphatic heterocycles. The van der Waals surface area contributed by atoms with Gasteiger partial charge in [-0.3, -0.25) is 14.0 Å². The van der Waals surface area contributed by atoms with Crippen LogP contribution in [0.4, 0.5) is 0 Å². The minimum Gasteiger partial charge on any atom is -0.466 e. The van der Waals surface area contributed by atoms with E-state index in [4.69, 9.17) is 9.72 Å². The fourth-order valence-electron chi connectivity index (χ4n) is 3.35. The minimum atomic E-state index is -0.279. The van der Waals surface area contributed by atoms with Gasteiger partial charge in [-0.25, -0.2) is 4.98 Å². The number of fused-ring (bicyclic) bond motifs is 1. The van der Waals surface area contributed by atoms with Crippen molar-refractivity contribution in [2.24, 2.45) is 0 Å². The zero-order chi connectivity index (χ0) is 21.8. The Hall–Kier alpha value is -2.90. The molecule has 0 saturated heterocycles. The lowest BCUT2D eigenvalue weighted by atomic mass is 10.1. The standard InChI is InChI=1S/C24H22N2O3S2/c1-3-29-22(28)12-18-13-26-20(14-27)23(25-24(26)31-18)19-11-16(2)9-10-21(19)30-15-17-7-5-4-6-8-17/h4-11,13-14H,3,12,15H2,1-2H3. The molecule has 5 nitrogen and oxygen atoms in total. The molecule has 2 aromatic heterocycles. The van der Waals surface area contributed by atoms with Gasteiger partial charge in [-0.05, 0) is 31.5 Å². The molecule has 0 N–H and O–H groups in total. The van der Waals surface area contributed by atoms with Crippen LogP contribution in [0.3, 0.4) is 0 Å². The number of thioether (sulfide) groups is 1. The van der Waals surface area contributed by atoms with Crippen LogP contribution in [0.25, 0.3) is 16.2 Å². The van der Waals surface area contributed by atoms with Crippen LogP contribution in [0.15, 0.2) is 59.6 Å². The third kappa shape index (κ3) is 4.73. The van der Waals surface area contributed by atoms with Crippen molar-refractivity contribution in [3.63, 3.8) is 0 Å². The summed E-state index contributed by atoms with van der Waals surface area (Å²) in [5, 5.41) is 0. The van der Waals surface area contributed by atoms with E-state index in [0.717, 1.165) is 32.9 Å². The summed E-state index contributed by atoms with van der Waals surface area (Å²) < 4.78 is 6.80. The van der Waals surface area contributed by atoms with E-state index in [-0.39, 0.29) is 12.4 Å². The van der Waals surface area contributed by atoms with Gasteiger partial charge < -0.3 is 4.74 Å². The molecule has 158 valence electrons. The normalized spacial score (nSPS) is 11.0. The van der Waals surface area contributed by atoms with Crippen molar-refractivity contribution in [1.82, 2.24) is 9.38 Å². The SMILES string of the molecule is CCOC(=O)Cc1cn2c(C=O)c(-c3cc(C)ccc3SCc3ccccc3)nc2s1. The van der Waals surface area contributed by atoms with Crippen LogP contribution in [-0.4, -0.2) is 28.2 Å². The Balaban J connectivity index is 1.69. The number of carbonyl (C=O) groups excluding carboxylic acids is 2. The van der Waals surface area contributed by atoms with E-state index in [1.807, 2.05) is 31.3 Å². The first-order chi connectivity index (χ1) is 15.1. The first-order valence-electron chi connectivity index (χ1n) is 9.98. The molecule has 0 atom stereocenters. The molecule has 0 bridgehead atoms. The van der Waals surface area contributed by atoms with E-state index in [1.165, 1.54) is 16.9 Å². The monoisotopic (exact) mass is 450 g/mol. The highest BCUT2D eigenvalue weighted by molar-refractivity contribution is 7.98. The number of aromatic nitrogens is 2. The second-order valence-corrected chi connectivity index (χ2v) is 9.18. The summed E-state index contributed by atoms with van der Waals surface area (Å²) >= 11 is 3.13. The number of aldehydes is 1. The van der Waals surface area contributed by atoms with Crippen molar-refractivity contribution in [1.29, 1.82) is 0 Å². The summed E-state index contributed by atoms with van der Waals surface area (Å²) in [6.45, 7) is 4.17. The zero-order valence-corrected chi connectivity index (χ0v) is 19.0. The minimum absolute atomic E-state index is 0.179. The van der Waals surface area contributed by atoms with Crippen LogP contribution in [0.1, 0.15) is 33.4 Å². The van der Waals surface area contributed by atoms with Crippen molar-refractivity contribution < 1.29 is 14.3 Å². The van der Waals surface area contributed by atoms with Gasteiger partial charge in [0.15, 0.2) is 11.2 Å². The van der Waals surface area contributed by atoms with Gasteiger partial charge >= 0.3 is 5.97 Å². The predicted octanol–water partition coefficient (Wildman–Crippen LogP) is 5.58. The van der Waals surface area contributed by atoms with E-state index in [2.05, 4.69) is 30.3 Å². The van der Waals surface area contributed by atoms with Crippen molar-refractivity contribution in [2.45, 2.75) is 30.9 Å². The molecule has 4 rings (SSSR count). The first kappa shape index (κ1) is 21.3. The van der Waals surface area contributed by atoms with Gasteiger partial charge in [0.2, 0.25) is 0 Å². The average molecular weight is 451 g/mol. The summed E-state index contributed by atoms with van der Waals surface area (Å²) in [5.41, 5.74) is 4.46. The number of hydrogen-bond donors (Lipinski definition) is 0. The number of benzene rings is 2. The summed E-state index contributed by atoms with van der Waals surface area (Å²) in [6.07, 6.45) is 2.83. The zero-order valence-electron chi connectivity index (χ0n) is 17.3. The van der Waals surface area contributed by atoms with Crippen LogP contribution in [0.2, 0.25) is 0 Å². The molecular weight excluding hydrogens is 428 g/mol. The summed E-state index contributed by atoms with van der Waals surface area (Å²) in [7, 11) is 0. The quantitative estimate of drug-likeness (QED) is 0.199. The molecule has 0 radical (unpaired) electrons. The largest absolute Gasteiger partial charge is 0.466 e. The van der Waals surface area contributed by atoms with E-state index >= 15 is 0 Å². The van der Waals surface area contributed by atoms with Crippen molar-refractivity contribution in [3.05, 3.63) is 76.4 Å². The molecular formula is C24H22N2O3S2. The molecule has 0 spiro atoms. The number of esters is 1. The maximum atomic E-state index is 12.0. The molecule has 0 aliphatic carbocycles. The Morgan fingerprint density at radius 2 is 2.03 bits per heavy atom. The maximum Gasteiger partial charge on any atom is 0.311 e. The Bertz CT molecular complexity index is 1230. The van der Waals surface area contributed by atoms with E-state index in [9.17, 15) is 9.59 Å². The number of thiazole rings is 1. The Kier molecular flexibility index (Phi) is 6.53. The summed E-state index contributed by atoms with van der Waals surface area (Å²) in [4.78, 5) is 31.2. The molecule has 0 saturated carbocycles. The highest BCUT2D eigenvalue weighted by atomic mass is 32.2. The van der Waals surface area contributed by atoms with Crippen LogP contribution >= 0.6 is 23.1 Å². The van der Waals surface area contributed by atoms with Gasteiger partial charge in [0, 0.05) is 27.3 Å². The van der Waals surface area contributed by atoms with Gasteiger partial charge in [0.1, 0.15) is 11.4 Å². The highest BCUT2D eigenvalue weighted by Gasteiger charge is 2.20. The molecule has 0 amide bonds. The number of hydrogen-bond acceptors (Lipinski definition) is 6.